The summed E-state index contributed by atoms with van der Waals surface area (Å²) in [5.41, 5.74) is 0.430. The molecule has 0 saturated heterocycles. The van der Waals surface area contributed by atoms with Crippen LogP contribution in [0.25, 0.3) is 0 Å². The number of halogens is 1. The van der Waals surface area contributed by atoms with Crippen LogP contribution in [-0.2, 0) is 6.54 Å². The molecule has 0 aliphatic rings. The predicted molar refractivity (Wildman–Crippen MR) is 62.0 cm³/mol. The third-order valence-corrected chi connectivity index (χ3v) is 2.51. The fourth-order valence-corrected chi connectivity index (χ4v) is 1.55. The summed E-state index contributed by atoms with van der Waals surface area (Å²) < 4.78 is 1.66. The van der Waals surface area contributed by atoms with Gasteiger partial charge in [-0.25, -0.2) is 4.68 Å². The average molecular weight is 276 g/mol. The number of aliphatic hydroxyl groups excluding tert-OH is 1. The van der Waals surface area contributed by atoms with E-state index in [4.69, 9.17) is 5.11 Å². The van der Waals surface area contributed by atoms with Crippen molar-refractivity contribution in [2.75, 3.05) is 11.9 Å². The SMILES string of the molecule is CC(C)Nc1cnn(CCO)c(=O)c1Br. The number of hydrogen-bond acceptors (Lipinski definition) is 4. The first-order valence-corrected chi connectivity index (χ1v) is 5.48. The van der Waals surface area contributed by atoms with Crippen molar-refractivity contribution in [3.05, 3.63) is 21.0 Å². The lowest BCUT2D eigenvalue weighted by Crippen LogP contribution is -2.26. The molecule has 0 bridgehead atoms. The van der Waals surface area contributed by atoms with Crippen molar-refractivity contribution in [2.24, 2.45) is 0 Å². The van der Waals surface area contributed by atoms with Gasteiger partial charge in [-0.05, 0) is 29.8 Å². The Bertz CT molecular complexity index is 389. The smallest absolute Gasteiger partial charge is 0.283 e. The Morgan fingerprint density at radius 2 is 2.33 bits per heavy atom. The van der Waals surface area contributed by atoms with Gasteiger partial charge in [0, 0.05) is 6.04 Å². The van der Waals surface area contributed by atoms with Crippen LogP contribution in [0.1, 0.15) is 13.8 Å². The van der Waals surface area contributed by atoms with Gasteiger partial charge >= 0.3 is 0 Å². The van der Waals surface area contributed by atoms with Crippen molar-refractivity contribution in [1.82, 2.24) is 9.78 Å². The number of nitrogens with zero attached hydrogens (tertiary/aromatic N) is 2. The second kappa shape index (κ2) is 5.27. The molecule has 0 aliphatic carbocycles. The van der Waals surface area contributed by atoms with Gasteiger partial charge in [-0.2, -0.15) is 5.10 Å². The molecule has 84 valence electrons. The van der Waals surface area contributed by atoms with Gasteiger partial charge in [0.05, 0.1) is 25.0 Å². The molecule has 6 heteroatoms. The Balaban J connectivity index is 3.04. The largest absolute Gasteiger partial charge is 0.394 e. The van der Waals surface area contributed by atoms with Crippen LogP contribution in [0.4, 0.5) is 5.69 Å². The first-order chi connectivity index (χ1) is 7.06. The molecule has 0 amide bonds. The van der Waals surface area contributed by atoms with Crippen LogP contribution in [0.2, 0.25) is 0 Å². The Morgan fingerprint density at radius 1 is 1.67 bits per heavy atom. The van der Waals surface area contributed by atoms with Crippen molar-refractivity contribution in [1.29, 1.82) is 0 Å². The second-order valence-electron chi connectivity index (χ2n) is 3.42. The van der Waals surface area contributed by atoms with Gasteiger partial charge in [0.1, 0.15) is 4.47 Å². The summed E-state index contributed by atoms with van der Waals surface area (Å²) in [6, 6.07) is 0.233. The van der Waals surface area contributed by atoms with Gasteiger partial charge < -0.3 is 10.4 Å². The Kier molecular flexibility index (Phi) is 4.28. The van der Waals surface area contributed by atoms with E-state index < -0.39 is 0 Å². The van der Waals surface area contributed by atoms with Crippen LogP contribution >= 0.6 is 15.9 Å². The molecule has 0 aliphatic heterocycles. The second-order valence-corrected chi connectivity index (χ2v) is 4.22. The fraction of sp³-hybridized carbons (Fsp3) is 0.556. The van der Waals surface area contributed by atoms with Crippen LogP contribution < -0.4 is 10.9 Å². The molecule has 1 heterocycles. The van der Waals surface area contributed by atoms with Gasteiger partial charge in [0.25, 0.3) is 5.56 Å². The van der Waals surface area contributed by atoms with Crippen molar-refractivity contribution in [2.45, 2.75) is 26.4 Å². The molecule has 0 aromatic carbocycles. The minimum absolute atomic E-state index is 0.101. The highest BCUT2D eigenvalue weighted by atomic mass is 79.9. The van der Waals surface area contributed by atoms with E-state index in [2.05, 4.69) is 26.3 Å². The van der Waals surface area contributed by atoms with Crippen molar-refractivity contribution < 1.29 is 5.11 Å². The van der Waals surface area contributed by atoms with E-state index in [-0.39, 0.29) is 24.8 Å². The van der Waals surface area contributed by atoms with Gasteiger partial charge in [0.15, 0.2) is 0 Å². The van der Waals surface area contributed by atoms with Gasteiger partial charge in [-0.1, -0.05) is 0 Å². The normalized spacial score (nSPS) is 10.7. The van der Waals surface area contributed by atoms with Crippen LogP contribution in [0, 0.1) is 0 Å². The Morgan fingerprint density at radius 3 is 2.87 bits per heavy atom. The molecule has 0 spiro atoms. The highest BCUT2D eigenvalue weighted by molar-refractivity contribution is 9.10. The molecule has 1 aromatic heterocycles. The average Bonchev–Trinajstić information content (AvgIpc) is 2.17. The fourth-order valence-electron chi connectivity index (χ4n) is 1.13. The molecular weight excluding hydrogens is 262 g/mol. The van der Waals surface area contributed by atoms with Gasteiger partial charge in [-0.15, -0.1) is 0 Å². The molecule has 1 aromatic rings. The van der Waals surface area contributed by atoms with E-state index in [0.717, 1.165) is 0 Å². The predicted octanol–water partition coefficient (Wildman–Crippen LogP) is 0.818. The molecule has 5 nitrogen and oxygen atoms in total. The standard InChI is InChI=1S/C9H14BrN3O2/c1-6(2)12-7-5-11-13(3-4-14)9(15)8(7)10/h5-6,12,14H,3-4H2,1-2H3. The number of rotatable bonds is 4. The van der Waals surface area contributed by atoms with Gasteiger partial charge in [0.2, 0.25) is 0 Å². The third-order valence-electron chi connectivity index (χ3n) is 1.74. The number of hydrogen-bond donors (Lipinski definition) is 2. The first kappa shape index (κ1) is 12.2. The van der Waals surface area contributed by atoms with E-state index in [1.54, 1.807) is 6.20 Å². The summed E-state index contributed by atoms with van der Waals surface area (Å²) in [5.74, 6) is 0. The Labute approximate surface area is 96.2 Å². The van der Waals surface area contributed by atoms with Crippen LogP contribution in [0.3, 0.4) is 0 Å². The van der Waals surface area contributed by atoms with Crippen LogP contribution in [0.5, 0.6) is 0 Å². The van der Waals surface area contributed by atoms with Crippen LogP contribution in [0.15, 0.2) is 15.5 Å². The maximum Gasteiger partial charge on any atom is 0.283 e. The zero-order chi connectivity index (χ0) is 11.4. The molecule has 0 fully saturated rings. The summed E-state index contributed by atoms with van der Waals surface area (Å²) in [7, 11) is 0. The monoisotopic (exact) mass is 275 g/mol. The zero-order valence-electron chi connectivity index (χ0n) is 8.70. The molecule has 2 N–H and O–H groups in total. The lowest BCUT2D eigenvalue weighted by Gasteiger charge is -2.12. The number of anilines is 1. The summed E-state index contributed by atoms with van der Waals surface area (Å²) >= 11 is 3.21. The highest BCUT2D eigenvalue weighted by Gasteiger charge is 2.08. The lowest BCUT2D eigenvalue weighted by atomic mass is 10.3. The number of nitrogens with one attached hydrogen (secondary N) is 1. The summed E-state index contributed by atoms with van der Waals surface area (Å²) in [6.45, 7) is 4.06. The van der Waals surface area contributed by atoms with E-state index >= 15 is 0 Å². The molecule has 0 atom stereocenters. The van der Waals surface area contributed by atoms with E-state index in [0.29, 0.717) is 10.2 Å². The van der Waals surface area contributed by atoms with E-state index in [1.807, 2.05) is 13.8 Å². The summed E-state index contributed by atoms with van der Waals surface area (Å²) in [4.78, 5) is 11.7. The molecular formula is C9H14BrN3O2. The molecule has 0 unspecified atom stereocenters. The molecule has 0 saturated carbocycles. The first-order valence-electron chi connectivity index (χ1n) is 4.69. The molecule has 15 heavy (non-hydrogen) atoms. The molecule has 0 radical (unpaired) electrons. The minimum Gasteiger partial charge on any atom is -0.394 e. The van der Waals surface area contributed by atoms with Crippen molar-refractivity contribution >= 4 is 21.6 Å². The zero-order valence-corrected chi connectivity index (χ0v) is 10.3. The van der Waals surface area contributed by atoms with Crippen LogP contribution in [-0.4, -0.2) is 27.5 Å². The van der Waals surface area contributed by atoms with Gasteiger partial charge in [-0.3, -0.25) is 4.79 Å². The lowest BCUT2D eigenvalue weighted by molar-refractivity contribution is 0.266. The summed E-state index contributed by atoms with van der Waals surface area (Å²) in [5, 5.41) is 15.8. The number of aliphatic hydroxyl groups is 1. The maximum atomic E-state index is 11.7. The number of aromatic nitrogens is 2. The maximum absolute atomic E-state index is 11.7. The van der Waals surface area contributed by atoms with E-state index in [1.165, 1.54) is 4.68 Å². The topological polar surface area (TPSA) is 67.2 Å². The minimum atomic E-state index is -0.241. The molecule has 1 rings (SSSR count). The van der Waals surface area contributed by atoms with Crippen molar-refractivity contribution in [3.63, 3.8) is 0 Å². The Hall–Kier alpha value is -0.880. The third kappa shape index (κ3) is 3.04. The summed E-state index contributed by atoms with van der Waals surface area (Å²) in [6.07, 6.45) is 1.57. The van der Waals surface area contributed by atoms with E-state index in [9.17, 15) is 4.79 Å². The quantitative estimate of drug-likeness (QED) is 0.854. The highest BCUT2D eigenvalue weighted by Crippen LogP contribution is 2.16. The van der Waals surface area contributed by atoms with Crippen molar-refractivity contribution in [3.8, 4) is 0 Å².